The number of ether oxygens (including phenoxy) is 1. The quantitative estimate of drug-likeness (QED) is 0.609. The zero-order valence-electron chi connectivity index (χ0n) is 10.8. The highest BCUT2D eigenvalue weighted by Gasteiger charge is 2.21. The number of nitro benzene ring substituents is 1. The Kier molecular flexibility index (Phi) is 5.77. The highest BCUT2D eigenvalue weighted by atomic mass is 32.2. The van der Waals surface area contributed by atoms with Gasteiger partial charge in [0.05, 0.1) is 11.5 Å². The van der Waals surface area contributed by atoms with Crippen molar-refractivity contribution in [2.45, 2.75) is 19.9 Å². The van der Waals surface area contributed by atoms with Crippen LogP contribution in [0.4, 0.5) is 11.4 Å². The third-order valence-corrected chi connectivity index (χ3v) is 3.13. The van der Waals surface area contributed by atoms with Gasteiger partial charge in [-0.05, 0) is 32.2 Å². The minimum absolute atomic E-state index is 0.00676. The van der Waals surface area contributed by atoms with Crippen LogP contribution in [0.5, 0.6) is 5.75 Å². The standard InChI is InChI=1S/C12H18N2O3S/c1-4-17-11-7-5-6-10(12(11)14(15)16)13-9(2)8-18-3/h5-7,9,13H,4,8H2,1-3H3. The van der Waals surface area contributed by atoms with Gasteiger partial charge in [0.15, 0.2) is 5.75 Å². The maximum atomic E-state index is 11.1. The molecule has 0 saturated heterocycles. The number of anilines is 1. The van der Waals surface area contributed by atoms with E-state index in [0.717, 1.165) is 5.75 Å². The predicted octanol–water partition coefficient (Wildman–Crippen LogP) is 3.16. The molecule has 0 aliphatic heterocycles. The Morgan fingerprint density at radius 3 is 2.83 bits per heavy atom. The predicted molar refractivity (Wildman–Crippen MR) is 75.7 cm³/mol. The van der Waals surface area contributed by atoms with Crippen molar-refractivity contribution in [3.05, 3.63) is 28.3 Å². The molecule has 1 atom stereocenters. The third kappa shape index (κ3) is 3.80. The second-order valence-corrected chi connectivity index (χ2v) is 4.75. The van der Waals surface area contributed by atoms with Gasteiger partial charge in [-0.2, -0.15) is 11.8 Å². The molecule has 1 rings (SSSR count). The van der Waals surface area contributed by atoms with E-state index in [1.807, 2.05) is 13.2 Å². The summed E-state index contributed by atoms with van der Waals surface area (Å²) in [5.74, 6) is 1.19. The number of thioether (sulfide) groups is 1. The summed E-state index contributed by atoms with van der Waals surface area (Å²) in [5, 5.41) is 14.3. The normalized spacial score (nSPS) is 11.9. The summed E-state index contributed by atoms with van der Waals surface area (Å²) in [4.78, 5) is 10.7. The molecular weight excluding hydrogens is 252 g/mol. The molecule has 0 saturated carbocycles. The van der Waals surface area contributed by atoms with Crippen LogP contribution in [0.3, 0.4) is 0 Å². The maximum Gasteiger partial charge on any atom is 0.333 e. The number of nitrogens with zero attached hydrogens (tertiary/aromatic N) is 1. The van der Waals surface area contributed by atoms with Crippen LogP contribution in [0, 0.1) is 10.1 Å². The van der Waals surface area contributed by atoms with Crippen LogP contribution in [-0.4, -0.2) is 29.6 Å². The number of hydrogen-bond acceptors (Lipinski definition) is 5. The molecule has 0 spiro atoms. The van der Waals surface area contributed by atoms with Crippen molar-refractivity contribution >= 4 is 23.1 Å². The lowest BCUT2D eigenvalue weighted by Gasteiger charge is -2.15. The van der Waals surface area contributed by atoms with Gasteiger partial charge in [-0.15, -0.1) is 0 Å². The SMILES string of the molecule is CCOc1cccc(NC(C)CSC)c1[N+](=O)[O-]. The maximum absolute atomic E-state index is 11.1. The molecular formula is C12H18N2O3S. The number of para-hydroxylation sites is 1. The van der Waals surface area contributed by atoms with Crippen molar-refractivity contribution in [2.75, 3.05) is 23.9 Å². The molecule has 0 aliphatic carbocycles. The molecule has 100 valence electrons. The van der Waals surface area contributed by atoms with E-state index in [9.17, 15) is 10.1 Å². The van der Waals surface area contributed by atoms with Gasteiger partial charge in [0.2, 0.25) is 0 Å². The summed E-state index contributed by atoms with van der Waals surface area (Å²) < 4.78 is 5.29. The molecule has 0 radical (unpaired) electrons. The van der Waals surface area contributed by atoms with Gasteiger partial charge in [0, 0.05) is 11.8 Å². The minimum atomic E-state index is -0.404. The van der Waals surface area contributed by atoms with Gasteiger partial charge < -0.3 is 10.1 Å². The van der Waals surface area contributed by atoms with Crippen LogP contribution >= 0.6 is 11.8 Å². The molecule has 0 aromatic heterocycles. The fourth-order valence-corrected chi connectivity index (χ4v) is 2.24. The van der Waals surface area contributed by atoms with E-state index in [4.69, 9.17) is 4.74 Å². The molecule has 0 bridgehead atoms. The molecule has 1 aromatic rings. The lowest BCUT2D eigenvalue weighted by atomic mass is 10.2. The zero-order valence-corrected chi connectivity index (χ0v) is 11.6. The Bertz CT molecular complexity index is 412. The average Bonchev–Trinajstić information content (AvgIpc) is 2.29. The summed E-state index contributed by atoms with van der Waals surface area (Å²) in [5.41, 5.74) is 0.514. The van der Waals surface area contributed by atoms with Crippen molar-refractivity contribution < 1.29 is 9.66 Å². The highest BCUT2D eigenvalue weighted by Crippen LogP contribution is 2.35. The molecule has 0 fully saturated rings. The Morgan fingerprint density at radius 1 is 1.56 bits per heavy atom. The van der Waals surface area contributed by atoms with E-state index in [0.29, 0.717) is 18.0 Å². The van der Waals surface area contributed by atoms with Crippen LogP contribution in [0.1, 0.15) is 13.8 Å². The smallest absolute Gasteiger partial charge is 0.333 e. The Labute approximate surface area is 111 Å². The lowest BCUT2D eigenvalue weighted by molar-refractivity contribution is -0.385. The topological polar surface area (TPSA) is 64.4 Å². The van der Waals surface area contributed by atoms with E-state index in [-0.39, 0.29) is 11.7 Å². The average molecular weight is 270 g/mol. The summed E-state index contributed by atoms with van der Waals surface area (Å²) in [7, 11) is 0. The molecule has 1 N–H and O–H groups in total. The van der Waals surface area contributed by atoms with Crippen LogP contribution in [-0.2, 0) is 0 Å². The monoisotopic (exact) mass is 270 g/mol. The first kappa shape index (κ1) is 14.6. The Morgan fingerprint density at radius 2 is 2.28 bits per heavy atom. The van der Waals surface area contributed by atoms with Crippen LogP contribution in [0.2, 0.25) is 0 Å². The van der Waals surface area contributed by atoms with Crippen LogP contribution < -0.4 is 10.1 Å². The number of benzene rings is 1. The molecule has 0 aliphatic rings. The fourth-order valence-electron chi connectivity index (χ4n) is 1.66. The van der Waals surface area contributed by atoms with Gasteiger partial charge in [-0.1, -0.05) is 6.07 Å². The third-order valence-electron chi connectivity index (χ3n) is 2.30. The van der Waals surface area contributed by atoms with Crippen molar-refractivity contribution in [1.82, 2.24) is 0 Å². The first-order valence-electron chi connectivity index (χ1n) is 5.75. The molecule has 6 heteroatoms. The van der Waals surface area contributed by atoms with Gasteiger partial charge in [0.25, 0.3) is 0 Å². The molecule has 0 amide bonds. The summed E-state index contributed by atoms with van der Waals surface area (Å²) in [6.07, 6.45) is 2.00. The summed E-state index contributed by atoms with van der Waals surface area (Å²) in [6.45, 7) is 4.21. The number of nitrogens with one attached hydrogen (secondary N) is 1. The van der Waals surface area contributed by atoms with Crippen molar-refractivity contribution in [1.29, 1.82) is 0 Å². The van der Waals surface area contributed by atoms with Crippen molar-refractivity contribution in [3.8, 4) is 5.75 Å². The Balaban J connectivity index is 3.02. The van der Waals surface area contributed by atoms with Gasteiger partial charge in [0.1, 0.15) is 5.69 Å². The zero-order chi connectivity index (χ0) is 13.5. The van der Waals surface area contributed by atoms with E-state index in [2.05, 4.69) is 5.32 Å². The molecule has 1 aromatic carbocycles. The Hall–Kier alpha value is -1.43. The molecule has 5 nitrogen and oxygen atoms in total. The second-order valence-electron chi connectivity index (χ2n) is 3.84. The molecule has 0 heterocycles. The van der Waals surface area contributed by atoms with Gasteiger partial charge >= 0.3 is 5.69 Å². The minimum Gasteiger partial charge on any atom is -0.487 e. The number of hydrogen-bond donors (Lipinski definition) is 1. The fraction of sp³-hybridized carbons (Fsp3) is 0.500. The van der Waals surface area contributed by atoms with Crippen LogP contribution in [0.25, 0.3) is 0 Å². The van der Waals surface area contributed by atoms with Crippen molar-refractivity contribution in [3.63, 3.8) is 0 Å². The second kappa shape index (κ2) is 7.10. The van der Waals surface area contributed by atoms with E-state index in [1.54, 1.807) is 36.9 Å². The van der Waals surface area contributed by atoms with Crippen molar-refractivity contribution in [2.24, 2.45) is 0 Å². The van der Waals surface area contributed by atoms with E-state index < -0.39 is 4.92 Å². The lowest BCUT2D eigenvalue weighted by Crippen LogP contribution is -2.18. The first-order valence-corrected chi connectivity index (χ1v) is 7.15. The molecule has 18 heavy (non-hydrogen) atoms. The summed E-state index contributed by atoms with van der Waals surface area (Å²) >= 11 is 1.69. The highest BCUT2D eigenvalue weighted by molar-refractivity contribution is 7.98. The van der Waals surface area contributed by atoms with E-state index >= 15 is 0 Å². The number of rotatable bonds is 7. The van der Waals surface area contributed by atoms with Gasteiger partial charge in [-0.25, -0.2) is 0 Å². The van der Waals surface area contributed by atoms with E-state index in [1.165, 1.54) is 0 Å². The number of nitro groups is 1. The molecule has 1 unspecified atom stereocenters. The largest absolute Gasteiger partial charge is 0.487 e. The van der Waals surface area contributed by atoms with Crippen LogP contribution in [0.15, 0.2) is 18.2 Å². The summed E-state index contributed by atoms with van der Waals surface area (Å²) in [6, 6.07) is 5.24. The first-order chi connectivity index (χ1) is 8.60. The van der Waals surface area contributed by atoms with Gasteiger partial charge in [-0.3, -0.25) is 10.1 Å².